The van der Waals surface area contributed by atoms with Crippen LogP contribution in [0.25, 0.3) is 0 Å². The molecule has 5 nitrogen and oxygen atoms in total. The van der Waals surface area contributed by atoms with Crippen LogP contribution in [0.4, 0.5) is 0 Å². The Balaban J connectivity index is 3.00. The number of carboxylic acids is 1. The number of ether oxygens (including phenoxy) is 2. The minimum absolute atomic E-state index is 0.144. The second-order valence-electron chi connectivity index (χ2n) is 5.84. The van der Waals surface area contributed by atoms with Crippen LogP contribution < -0.4 is 15.2 Å². The number of hydrogen-bond donors (Lipinski definition) is 2. The third kappa shape index (κ3) is 5.43. The van der Waals surface area contributed by atoms with Gasteiger partial charge in [0, 0.05) is 12.1 Å². The van der Waals surface area contributed by atoms with Crippen LogP contribution in [0, 0.1) is 11.8 Å². The molecule has 1 aromatic rings. The standard InChI is InChI=1S/C18H29NO4/c1-5-22-15-7-8-17(23-6-2)16(10-15)13(4)12(3)9-14(11-19)18(20)21/h7-8,10,12-14H,5-6,9,11,19H2,1-4H3,(H,20,21). The molecule has 3 N–H and O–H groups in total. The quantitative estimate of drug-likeness (QED) is 0.690. The maximum absolute atomic E-state index is 11.2. The molecule has 0 aromatic heterocycles. The summed E-state index contributed by atoms with van der Waals surface area (Å²) in [6.45, 7) is 9.38. The van der Waals surface area contributed by atoms with Crippen LogP contribution in [0.1, 0.15) is 45.6 Å². The first kappa shape index (κ1) is 19.3. The first-order valence-electron chi connectivity index (χ1n) is 8.26. The van der Waals surface area contributed by atoms with Gasteiger partial charge >= 0.3 is 5.97 Å². The highest BCUT2D eigenvalue weighted by Crippen LogP contribution is 2.37. The van der Waals surface area contributed by atoms with Crippen LogP contribution in [-0.4, -0.2) is 30.8 Å². The van der Waals surface area contributed by atoms with Gasteiger partial charge in [-0.05, 0) is 50.3 Å². The Morgan fingerprint density at radius 2 is 1.87 bits per heavy atom. The molecule has 0 saturated carbocycles. The van der Waals surface area contributed by atoms with Gasteiger partial charge in [0.05, 0.1) is 19.1 Å². The van der Waals surface area contributed by atoms with Crippen molar-refractivity contribution in [2.75, 3.05) is 19.8 Å². The first-order valence-corrected chi connectivity index (χ1v) is 8.26. The number of carboxylic acid groups (broad SMARTS) is 1. The maximum atomic E-state index is 11.2. The van der Waals surface area contributed by atoms with Crippen LogP contribution >= 0.6 is 0 Å². The number of hydrogen-bond acceptors (Lipinski definition) is 4. The fourth-order valence-electron chi connectivity index (χ4n) is 2.68. The molecule has 0 aliphatic heterocycles. The topological polar surface area (TPSA) is 81.8 Å². The molecular formula is C18H29NO4. The molecule has 5 heteroatoms. The summed E-state index contributed by atoms with van der Waals surface area (Å²) < 4.78 is 11.3. The van der Waals surface area contributed by atoms with Crippen molar-refractivity contribution < 1.29 is 19.4 Å². The number of carbonyl (C=O) groups is 1. The molecule has 3 atom stereocenters. The summed E-state index contributed by atoms with van der Waals surface area (Å²) in [7, 11) is 0. The minimum atomic E-state index is -0.834. The van der Waals surface area contributed by atoms with E-state index in [1.165, 1.54) is 0 Å². The van der Waals surface area contributed by atoms with Gasteiger partial charge in [0.25, 0.3) is 0 Å². The van der Waals surface area contributed by atoms with E-state index < -0.39 is 11.9 Å². The monoisotopic (exact) mass is 323 g/mol. The molecule has 1 rings (SSSR count). The van der Waals surface area contributed by atoms with Crippen molar-refractivity contribution in [2.45, 2.75) is 40.0 Å². The van der Waals surface area contributed by atoms with Crippen LogP contribution in [0.15, 0.2) is 18.2 Å². The summed E-state index contributed by atoms with van der Waals surface area (Å²) in [5, 5.41) is 9.20. The number of aliphatic carboxylic acids is 1. The molecule has 130 valence electrons. The Kier molecular flexibility index (Phi) is 7.89. The van der Waals surface area contributed by atoms with E-state index in [0.29, 0.717) is 19.6 Å². The van der Waals surface area contributed by atoms with Gasteiger partial charge in [-0.2, -0.15) is 0 Å². The van der Waals surface area contributed by atoms with Crippen molar-refractivity contribution in [2.24, 2.45) is 17.6 Å². The van der Waals surface area contributed by atoms with Crippen LogP contribution in [0.2, 0.25) is 0 Å². The summed E-state index contributed by atoms with van der Waals surface area (Å²) in [5.41, 5.74) is 6.62. The van der Waals surface area contributed by atoms with E-state index in [1.54, 1.807) is 0 Å². The predicted octanol–water partition coefficient (Wildman–Crippen LogP) is 3.27. The van der Waals surface area contributed by atoms with Crippen molar-refractivity contribution in [3.05, 3.63) is 23.8 Å². The molecule has 0 heterocycles. The molecule has 0 amide bonds. The molecule has 0 aliphatic rings. The fourth-order valence-corrected chi connectivity index (χ4v) is 2.68. The van der Waals surface area contributed by atoms with Gasteiger partial charge in [0.2, 0.25) is 0 Å². The number of benzene rings is 1. The average Bonchev–Trinajstić information content (AvgIpc) is 2.53. The van der Waals surface area contributed by atoms with Crippen LogP contribution in [0.5, 0.6) is 11.5 Å². The first-order chi connectivity index (χ1) is 10.9. The van der Waals surface area contributed by atoms with Crippen molar-refractivity contribution in [3.8, 4) is 11.5 Å². The molecule has 0 radical (unpaired) electrons. The molecule has 3 unspecified atom stereocenters. The average molecular weight is 323 g/mol. The Hall–Kier alpha value is -1.75. The van der Waals surface area contributed by atoms with Gasteiger partial charge < -0.3 is 20.3 Å². The summed E-state index contributed by atoms with van der Waals surface area (Å²) in [5.74, 6) is 0.590. The van der Waals surface area contributed by atoms with Crippen molar-refractivity contribution in [3.63, 3.8) is 0 Å². The van der Waals surface area contributed by atoms with E-state index in [-0.39, 0.29) is 18.4 Å². The lowest BCUT2D eigenvalue weighted by atomic mass is 9.82. The molecule has 0 fully saturated rings. The third-order valence-electron chi connectivity index (χ3n) is 4.23. The second-order valence-corrected chi connectivity index (χ2v) is 5.84. The van der Waals surface area contributed by atoms with E-state index in [4.69, 9.17) is 15.2 Å². The van der Waals surface area contributed by atoms with E-state index in [2.05, 4.69) is 13.8 Å². The normalized spacial score (nSPS) is 14.8. The van der Waals surface area contributed by atoms with Gasteiger partial charge in [-0.25, -0.2) is 0 Å². The Labute approximate surface area is 138 Å². The molecule has 0 saturated heterocycles. The van der Waals surface area contributed by atoms with Crippen LogP contribution in [-0.2, 0) is 4.79 Å². The van der Waals surface area contributed by atoms with Crippen molar-refractivity contribution in [1.29, 1.82) is 0 Å². The highest BCUT2D eigenvalue weighted by molar-refractivity contribution is 5.70. The molecule has 0 spiro atoms. The third-order valence-corrected chi connectivity index (χ3v) is 4.23. The van der Waals surface area contributed by atoms with Gasteiger partial charge in [-0.1, -0.05) is 13.8 Å². The zero-order valence-corrected chi connectivity index (χ0v) is 14.5. The van der Waals surface area contributed by atoms with Crippen LogP contribution in [0.3, 0.4) is 0 Å². The van der Waals surface area contributed by atoms with E-state index in [0.717, 1.165) is 17.1 Å². The Morgan fingerprint density at radius 3 is 2.39 bits per heavy atom. The van der Waals surface area contributed by atoms with Gasteiger partial charge in [-0.3, -0.25) is 4.79 Å². The van der Waals surface area contributed by atoms with E-state index in [9.17, 15) is 9.90 Å². The maximum Gasteiger partial charge on any atom is 0.307 e. The highest BCUT2D eigenvalue weighted by Gasteiger charge is 2.25. The molecule has 1 aromatic carbocycles. The lowest BCUT2D eigenvalue weighted by Gasteiger charge is -2.25. The zero-order chi connectivity index (χ0) is 17.4. The summed E-state index contributed by atoms with van der Waals surface area (Å²) >= 11 is 0. The summed E-state index contributed by atoms with van der Waals surface area (Å²) in [4.78, 5) is 11.2. The number of nitrogens with two attached hydrogens (primary N) is 1. The SMILES string of the molecule is CCOc1ccc(OCC)c(C(C)C(C)CC(CN)C(=O)O)c1. The van der Waals surface area contributed by atoms with E-state index in [1.807, 2.05) is 32.0 Å². The lowest BCUT2D eigenvalue weighted by molar-refractivity contribution is -0.142. The largest absolute Gasteiger partial charge is 0.494 e. The smallest absolute Gasteiger partial charge is 0.307 e. The fraction of sp³-hybridized carbons (Fsp3) is 0.611. The minimum Gasteiger partial charge on any atom is -0.494 e. The molecule has 0 aliphatic carbocycles. The highest BCUT2D eigenvalue weighted by atomic mass is 16.5. The van der Waals surface area contributed by atoms with Gasteiger partial charge in [0.15, 0.2) is 0 Å². The second kappa shape index (κ2) is 9.40. The van der Waals surface area contributed by atoms with Gasteiger partial charge in [-0.15, -0.1) is 0 Å². The molecular weight excluding hydrogens is 294 g/mol. The zero-order valence-electron chi connectivity index (χ0n) is 14.5. The molecule has 23 heavy (non-hydrogen) atoms. The van der Waals surface area contributed by atoms with Gasteiger partial charge in [0.1, 0.15) is 11.5 Å². The Bertz CT molecular complexity index is 504. The lowest BCUT2D eigenvalue weighted by Crippen LogP contribution is -2.26. The predicted molar refractivity (Wildman–Crippen MR) is 91.2 cm³/mol. The number of rotatable bonds is 10. The summed E-state index contributed by atoms with van der Waals surface area (Å²) in [6, 6.07) is 5.81. The van der Waals surface area contributed by atoms with E-state index >= 15 is 0 Å². The van der Waals surface area contributed by atoms with Crippen molar-refractivity contribution >= 4 is 5.97 Å². The Morgan fingerprint density at radius 1 is 1.22 bits per heavy atom. The molecule has 0 bridgehead atoms. The van der Waals surface area contributed by atoms with Crippen molar-refractivity contribution in [1.82, 2.24) is 0 Å². The summed E-state index contributed by atoms with van der Waals surface area (Å²) in [6.07, 6.45) is 0.539.